The number of rotatable bonds is 4. The highest BCUT2D eigenvalue weighted by atomic mass is 32.1. The van der Waals surface area contributed by atoms with Crippen molar-refractivity contribution in [2.75, 3.05) is 13.1 Å². The van der Waals surface area contributed by atoms with Crippen LogP contribution in [0.5, 0.6) is 0 Å². The lowest BCUT2D eigenvalue weighted by atomic mass is 9.94. The van der Waals surface area contributed by atoms with Crippen molar-refractivity contribution in [1.82, 2.24) is 10.6 Å². The highest BCUT2D eigenvalue weighted by Gasteiger charge is 2.20. The Morgan fingerprint density at radius 2 is 2.24 bits per heavy atom. The molecule has 0 saturated heterocycles. The lowest BCUT2D eigenvalue weighted by molar-refractivity contribution is 0.0952. The summed E-state index contributed by atoms with van der Waals surface area (Å²) < 4.78 is 0. The molecule has 0 saturated carbocycles. The Morgan fingerprint density at radius 3 is 3.10 bits per heavy atom. The summed E-state index contributed by atoms with van der Waals surface area (Å²) in [6, 6.07) is 10.7. The minimum absolute atomic E-state index is 0.0479. The zero-order valence-corrected chi connectivity index (χ0v) is 13.0. The van der Waals surface area contributed by atoms with E-state index in [4.69, 9.17) is 0 Å². The molecule has 1 atom stereocenters. The number of nitrogens with one attached hydrogen (secondary N) is 2. The molecule has 0 fully saturated rings. The molecule has 1 aliphatic rings. The van der Waals surface area contributed by atoms with Crippen molar-refractivity contribution in [2.24, 2.45) is 0 Å². The van der Waals surface area contributed by atoms with Gasteiger partial charge in [0, 0.05) is 12.6 Å². The number of hydrogen-bond acceptors (Lipinski definition) is 3. The van der Waals surface area contributed by atoms with E-state index < -0.39 is 0 Å². The van der Waals surface area contributed by atoms with E-state index in [-0.39, 0.29) is 11.9 Å². The Kier molecular flexibility index (Phi) is 4.36. The second kappa shape index (κ2) is 6.41. The van der Waals surface area contributed by atoms with Crippen molar-refractivity contribution in [3.8, 4) is 0 Å². The molecular formula is C17H20N2OS. The summed E-state index contributed by atoms with van der Waals surface area (Å²) in [5.74, 6) is 0.0479. The minimum atomic E-state index is 0.0479. The first-order valence-corrected chi connectivity index (χ1v) is 8.33. The SMILES string of the molecule is CCc1ccsc1C(=O)NCC1NCCc2ccccc21. The van der Waals surface area contributed by atoms with E-state index in [1.54, 1.807) is 0 Å². The molecule has 1 aromatic carbocycles. The van der Waals surface area contributed by atoms with Gasteiger partial charge in [0.05, 0.1) is 4.88 Å². The summed E-state index contributed by atoms with van der Waals surface area (Å²) in [6.45, 7) is 3.69. The summed E-state index contributed by atoms with van der Waals surface area (Å²) >= 11 is 1.52. The quantitative estimate of drug-likeness (QED) is 0.911. The van der Waals surface area contributed by atoms with E-state index in [1.807, 2.05) is 11.4 Å². The van der Waals surface area contributed by atoms with Crippen LogP contribution >= 0.6 is 11.3 Å². The predicted molar refractivity (Wildman–Crippen MR) is 86.9 cm³/mol. The van der Waals surface area contributed by atoms with Gasteiger partial charge < -0.3 is 10.6 Å². The molecule has 21 heavy (non-hydrogen) atoms. The van der Waals surface area contributed by atoms with Gasteiger partial charge in [0.25, 0.3) is 5.91 Å². The van der Waals surface area contributed by atoms with Gasteiger partial charge in [-0.1, -0.05) is 31.2 Å². The predicted octanol–water partition coefficient (Wildman–Crippen LogP) is 2.93. The third kappa shape index (κ3) is 3.01. The van der Waals surface area contributed by atoms with Crippen molar-refractivity contribution >= 4 is 17.2 Å². The first-order chi connectivity index (χ1) is 10.3. The minimum Gasteiger partial charge on any atom is -0.349 e. The molecule has 1 amide bonds. The number of hydrogen-bond donors (Lipinski definition) is 2. The fourth-order valence-electron chi connectivity index (χ4n) is 2.86. The van der Waals surface area contributed by atoms with Crippen LogP contribution in [0, 0.1) is 0 Å². The zero-order valence-electron chi connectivity index (χ0n) is 12.2. The Bertz CT molecular complexity index is 635. The Labute approximate surface area is 129 Å². The molecule has 0 bridgehead atoms. The summed E-state index contributed by atoms with van der Waals surface area (Å²) in [4.78, 5) is 13.2. The molecular weight excluding hydrogens is 280 g/mol. The van der Waals surface area contributed by atoms with Gasteiger partial charge in [-0.25, -0.2) is 0 Å². The maximum Gasteiger partial charge on any atom is 0.261 e. The van der Waals surface area contributed by atoms with Crippen LogP contribution in [-0.2, 0) is 12.8 Å². The largest absolute Gasteiger partial charge is 0.349 e. The van der Waals surface area contributed by atoms with Crippen LogP contribution in [0.2, 0.25) is 0 Å². The third-order valence-corrected chi connectivity index (χ3v) is 4.97. The third-order valence-electron chi connectivity index (χ3n) is 4.02. The van der Waals surface area contributed by atoms with Crippen LogP contribution in [0.1, 0.15) is 39.3 Å². The van der Waals surface area contributed by atoms with Gasteiger partial charge in [-0.2, -0.15) is 0 Å². The number of amides is 1. The molecule has 2 aromatic rings. The maximum atomic E-state index is 12.3. The average molecular weight is 300 g/mol. The van der Waals surface area contributed by atoms with Gasteiger partial charge in [-0.3, -0.25) is 4.79 Å². The van der Waals surface area contributed by atoms with Crippen LogP contribution < -0.4 is 10.6 Å². The van der Waals surface area contributed by atoms with Gasteiger partial charge in [0.1, 0.15) is 0 Å². The molecule has 0 spiro atoms. The molecule has 2 N–H and O–H groups in total. The van der Waals surface area contributed by atoms with E-state index in [1.165, 1.54) is 22.5 Å². The van der Waals surface area contributed by atoms with Crippen molar-refractivity contribution in [2.45, 2.75) is 25.8 Å². The van der Waals surface area contributed by atoms with Gasteiger partial charge >= 0.3 is 0 Å². The highest BCUT2D eigenvalue weighted by molar-refractivity contribution is 7.12. The van der Waals surface area contributed by atoms with Crippen LogP contribution in [0.15, 0.2) is 35.7 Å². The fourth-order valence-corrected chi connectivity index (χ4v) is 3.77. The van der Waals surface area contributed by atoms with Crippen molar-refractivity contribution in [3.63, 3.8) is 0 Å². The van der Waals surface area contributed by atoms with E-state index in [0.717, 1.165) is 29.8 Å². The highest BCUT2D eigenvalue weighted by Crippen LogP contribution is 2.22. The van der Waals surface area contributed by atoms with Crippen LogP contribution in [0.4, 0.5) is 0 Å². The number of carbonyl (C=O) groups is 1. The molecule has 4 heteroatoms. The summed E-state index contributed by atoms with van der Waals surface area (Å²) in [7, 11) is 0. The topological polar surface area (TPSA) is 41.1 Å². The first-order valence-electron chi connectivity index (χ1n) is 7.45. The van der Waals surface area contributed by atoms with E-state index in [0.29, 0.717) is 6.54 Å². The number of carbonyl (C=O) groups excluding carboxylic acids is 1. The second-order valence-corrected chi connectivity index (χ2v) is 6.21. The molecule has 1 aromatic heterocycles. The van der Waals surface area contributed by atoms with Crippen LogP contribution in [-0.4, -0.2) is 19.0 Å². The smallest absolute Gasteiger partial charge is 0.261 e. The second-order valence-electron chi connectivity index (χ2n) is 5.29. The average Bonchev–Trinajstić information content (AvgIpc) is 3.01. The molecule has 2 heterocycles. The van der Waals surface area contributed by atoms with Crippen molar-refractivity contribution in [3.05, 3.63) is 57.3 Å². The van der Waals surface area contributed by atoms with E-state index >= 15 is 0 Å². The number of thiophene rings is 1. The molecule has 1 unspecified atom stereocenters. The zero-order chi connectivity index (χ0) is 14.7. The normalized spacial score (nSPS) is 17.3. The first kappa shape index (κ1) is 14.3. The number of benzene rings is 1. The van der Waals surface area contributed by atoms with E-state index in [2.05, 4.69) is 41.8 Å². The Morgan fingerprint density at radius 1 is 1.38 bits per heavy atom. The molecule has 0 radical (unpaired) electrons. The molecule has 1 aliphatic heterocycles. The Hall–Kier alpha value is -1.65. The summed E-state index contributed by atoms with van der Waals surface area (Å²) in [5.41, 5.74) is 3.83. The standard InChI is InChI=1S/C17H20N2OS/c1-2-12-8-10-21-16(12)17(20)19-11-15-14-6-4-3-5-13(14)7-9-18-15/h3-6,8,10,15,18H,2,7,9,11H2,1H3,(H,19,20). The molecule has 0 aliphatic carbocycles. The monoisotopic (exact) mass is 300 g/mol. The maximum absolute atomic E-state index is 12.3. The number of fused-ring (bicyclic) bond motifs is 1. The van der Waals surface area contributed by atoms with Crippen molar-refractivity contribution in [1.29, 1.82) is 0 Å². The van der Waals surface area contributed by atoms with Crippen LogP contribution in [0.25, 0.3) is 0 Å². The summed E-state index contributed by atoms with van der Waals surface area (Å²) in [5, 5.41) is 8.56. The van der Waals surface area contributed by atoms with Gasteiger partial charge in [0.2, 0.25) is 0 Å². The molecule has 3 nitrogen and oxygen atoms in total. The number of aryl methyl sites for hydroxylation is 1. The van der Waals surface area contributed by atoms with Gasteiger partial charge in [-0.05, 0) is 47.5 Å². The van der Waals surface area contributed by atoms with Crippen molar-refractivity contribution < 1.29 is 4.79 Å². The summed E-state index contributed by atoms with van der Waals surface area (Å²) in [6.07, 6.45) is 1.96. The van der Waals surface area contributed by atoms with E-state index in [9.17, 15) is 4.79 Å². The van der Waals surface area contributed by atoms with Crippen LogP contribution in [0.3, 0.4) is 0 Å². The Balaban J connectivity index is 1.67. The fraction of sp³-hybridized carbons (Fsp3) is 0.353. The van der Waals surface area contributed by atoms with Gasteiger partial charge in [-0.15, -0.1) is 11.3 Å². The lowest BCUT2D eigenvalue weighted by Crippen LogP contribution is -2.38. The molecule has 110 valence electrons. The lowest BCUT2D eigenvalue weighted by Gasteiger charge is -2.27. The molecule has 3 rings (SSSR count). The van der Waals surface area contributed by atoms with Gasteiger partial charge in [0.15, 0.2) is 0 Å².